The first-order valence-corrected chi connectivity index (χ1v) is 4.84. The molecule has 0 bridgehead atoms. The summed E-state index contributed by atoms with van der Waals surface area (Å²) >= 11 is 0. The van der Waals surface area contributed by atoms with Crippen molar-refractivity contribution in [2.24, 2.45) is 0 Å². The molecule has 0 aromatic carbocycles. The summed E-state index contributed by atoms with van der Waals surface area (Å²) in [5.41, 5.74) is 1.05. The van der Waals surface area contributed by atoms with Crippen LogP contribution in [0.3, 0.4) is 0 Å². The topological polar surface area (TPSA) is 30.0 Å². The number of hydrogen-bond acceptors (Lipinski definition) is 2. The van der Waals surface area contributed by atoms with Crippen LogP contribution < -0.4 is 0 Å². The summed E-state index contributed by atoms with van der Waals surface area (Å²) in [6, 6.07) is 3.76. The van der Waals surface area contributed by atoms with Crippen LogP contribution >= 0.6 is 0 Å². The van der Waals surface area contributed by atoms with Crippen molar-refractivity contribution in [2.45, 2.75) is 25.7 Å². The number of hydrogen-bond donors (Lipinski definition) is 0. The number of Topliss-reactive ketones (excluding diaryl/α,β-unsaturated/α-hetero) is 1. The van der Waals surface area contributed by atoms with Crippen LogP contribution in [0.5, 0.6) is 0 Å². The molecule has 1 rings (SSSR count). The molecule has 0 amide bonds. The Labute approximate surface area is 84.7 Å². The Balaban J connectivity index is 2.31. The van der Waals surface area contributed by atoms with E-state index in [1.807, 2.05) is 18.2 Å². The van der Waals surface area contributed by atoms with Crippen LogP contribution in [-0.2, 0) is 11.2 Å². The van der Waals surface area contributed by atoms with Crippen molar-refractivity contribution >= 4 is 5.78 Å². The molecule has 14 heavy (non-hydrogen) atoms. The molecule has 1 aromatic rings. The Morgan fingerprint density at radius 2 is 2.14 bits per heavy atom. The lowest BCUT2D eigenvalue weighted by Gasteiger charge is -1.99. The normalized spacial score (nSPS) is 9.71. The molecule has 0 spiro atoms. The largest absolute Gasteiger partial charge is 0.299 e. The van der Waals surface area contributed by atoms with E-state index in [-0.39, 0.29) is 5.78 Å². The Bertz CT molecular complexity index is 292. The Morgan fingerprint density at radius 3 is 2.79 bits per heavy atom. The molecule has 0 radical (unpaired) electrons. The average Bonchev–Trinajstić information content (AvgIpc) is 2.20. The maximum Gasteiger partial charge on any atom is 0.137 e. The zero-order valence-corrected chi connectivity index (χ0v) is 8.28. The first kappa shape index (κ1) is 10.6. The summed E-state index contributed by atoms with van der Waals surface area (Å²) in [6.07, 6.45) is 8.28. The SMILES string of the molecule is C=CCCCC(=O)Cc1ccncc1. The van der Waals surface area contributed by atoms with Gasteiger partial charge in [0.25, 0.3) is 0 Å². The first-order chi connectivity index (χ1) is 6.83. The number of carbonyl (C=O) groups is 1. The number of pyridine rings is 1. The third-order valence-electron chi connectivity index (χ3n) is 2.01. The second-order valence-corrected chi connectivity index (χ2v) is 3.25. The third kappa shape index (κ3) is 3.99. The highest BCUT2D eigenvalue weighted by Gasteiger charge is 2.02. The van der Waals surface area contributed by atoms with Gasteiger partial charge in [0.05, 0.1) is 0 Å². The molecule has 0 N–H and O–H groups in total. The van der Waals surface area contributed by atoms with E-state index in [2.05, 4.69) is 11.6 Å². The minimum Gasteiger partial charge on any atom is -0.299 e. The number of ketones is 1. The van der Waals surface area contributed by atoms with Crippen molar-refractivity contribution in [3.63, 3.8) is 0 Å². The summed E-state index contributed by atoms with van der Waals surface area (Å²) in [4.78, 5) is 15.3. The van der Waals surface area contributed by atoms with Crippen LogP contribution in [0, 0.1) is 0 Å². The van der Waals surface area contributed by atoms with E-state index in [1.54, 1.807) is 12.4 Å². The number of carbonyl (C=O) groups excluding carboxylic acids is 1. The van der Waals surface area contributed by atoms with Gasteiger partial charge < -0.3 is 0 Å². The summed E-state index contributed by atoms with van der Waals surface area (Å²) in [5, 5.41) is 0. The molecular formula is C12H15NO. The second kappa shape index (κ2) is 6.08. The lowest BCUT2D eigenvalue weighted by atomic mass is 10.1. The van der Waals surface area contributed by atoms with Gasteiger partial charge in [0.2, 0.25) is 0 Å². The molecule has 1 aromatic heterocycles. The van der Waals surface area contributed by atoms with Crippen molar-refractivity contribution < 1.29 is 4.79 Å². The number of rotatable bonds is 6. The van der Waals surface area contributed by atoms with Gasteiger partial charge in [0, 0.05) is 25.2 Å². The molecule has 2 heteroatoms. The van der Waals surface area contributed by atoms with Gasteiger partial charge in [-0.2, -0.15) is 0 Å². The van der Waals surface area contributed by atoms with E-state index >= 15 is 0 Å². The molecular weight excluding hydrogens is 174 g/mol. The van der Waals surface area contributed by atoms with Gasteiger partial charge in [-0.3, -0.25) is 9.78 Å². The van der Waals surface area contributed by atoms with Crippen LogP contribution in [0.15, 0.2) is 37.2 Å². The fraction of sp³-hybridized carbons (Fsp3) is 0.333. The van der Waals surface area contributed by atoms with Crippen molar-refractivity contribution in [3.8, 4) is 0 Å². The maximum atomic E-state index is 11.4. The summed E-state index contributed by atoms with van der Waals surface area (Å²) in [7, 11) is 0. The smallest absolute Gasteiger partial charge is 0.137 e. The van der Waals surface area contributed by atoms with Gasteiger partial charge in [-0.05, 0) is 30.5 Å². The van der Waals surface area contributed by atoms with Crippen molar-refractivity contribution in [3.05, 3.63) is 42.7 Å². The van der Waals surface area contributed by atoms with Crippen LogP contribution in [0.1, 0.15) is 24.8 Å². The van der Waals surface area contributed by atoms with Gasteiger partial charge in [-0.15, -0.1) is 6.58 Å². The second-order valence-electron chi connectivity index (χ2n) is 3.25. The Hall–Kier alpha value is -1.44. The highest BCUT2D eigenvalue weighted by atomic mass is 16.1. The van der Waals surface area contributed by atoms with Crippen molar-refractivity contribution in [1.29, 1.82) is 0 Å². The van der Waals surface area contributed by atoms with Gasteiger partial charge in [0.1, 0.15) is 5.78 Å². The molecule has 0 fully saturated rings. The van der Waals surface area contributed by atoms with Gasteiger partial charge >= 0.3 is 0 Å². The third-order valence-corrected chi connectivity index (χ3v) is 2.01. The molecule has 0 aliphatic carbocycles. The fourth-order valence-electron chi connectivity index (χ4n) is 1.26. The predicted molar refractivity (Wildman–Crippen MR) is 57.0 cm³/mol. The summed E-state index contributed by atoms with van der Waals surface area (Å²) in [5.74, 6) is 0.290. The van der Waals surface area contributed by atoms with E-state index in [9.17, 15) is 4.79 Å². The molecule has 1 heterocycles. The summed E-state index contributed by atoms with van der Waals surface area (Å²) in [6.45, 7) is 3.62. The predicted octanol–water partition coefficient (Wildman–Crippen LogP) is 2.55. The highest BCUT2D eigenvalue weighted by Crippen LogP contribution is 2.03. The molecule has 0 aliphatic heterocycles. The van der Waals surface area contributed by atoms with Crippen LogP contribution in [0.25, 0.3) is 0 Å². The standard InChI is InChI=1S/C12H15NO/c1-2-3-4-5-12(14)10-11-6-8-13-9-7-11/h2,6-9H,1,3-5,10H2. The van der Waals surface area contributed by atoms with Crippen molar-refractivity contribution in [2.75, 3.05) is 0 Å². The number of aromatic nitrogens is 1. The molecule has 0 saturated carbocycles. The first-order valence-electron chi connectivity index (χ1n) is 4.84. The van der Waals surface area contributed by atoms with Gasteiger partial charge in [0.15, 0.2) is 0 Å². The van der Waals surface area contributed by atoms with Crippen molar-refractivity contribution in [1.82, 2.24) is 4.98 Å². The van der Waals surface area contributed by atoms with E-state index in [0.29, 0.717) is 12.8 Å². The van der Waals surface area contributed by atoms with E-state index in [4.69, 9.17) is 0 Å². The minimum atomic E-state index is 0.290. The molecule has 0 atom stereocenters. The van der Waals surface area contributed by atoms with E-state index in [0.717, 1.165) is 18.4 Å². The zero-order valence-electron chi connectivity index (χ0n) is 8.28. The number of nitrogens with zero attached hydrogens (tertiary/aromatic N) is 1. The number of allylic oxidation sites excluding steroid dienone is 1. The quantitative estimate of drug-likeness (QED) is 0.508. The molecule has 74 valence electrons. The maximum absolute atomic E-state index is 11.4. The minimum absolute atomic E-state index is 0.290. The van der Waals surface area contributed by atoms with Gasteiger partial charge in [-0.1, -0.05) is 6.08 Å². The van der Waals surface area contributed by atoms with E-state index in [1.165, 1.54) is 0 Å². The van der Waals surface area contributed by atoms with Crippen LogP contribution in [-0.4, -0.2) is 10.8 Å². The number of unbranched alkanes of at least 4 members (excludes halogenated alkanes) is 1. The molecule has 0 unspecified atom stereocenters. The van der Waals surface area contributed by atoms with Crippen LogP contribution in [0.4, 0.5) is 0 Å². The zero-order chi connectivity index (χ0) is 10.2. The lowest BCUT2D eigenvalue weighted by Crippen LogP contribution is -2.02. The Morgan fingerprint density at radius 1 is 1.43 bits per heavy atom. The average molecular weight is 189 g/mol. The molecule has 0 aliphatic rings. The van der Waals surface area contributed by atoms with Crippen LogP contribution in [0.2, 0.25) is 0 Å². The summed E-state index contributed by atoms with van der Waals surface area (Å²) < 4.78 is 0. The molecule has 0 saturated heterocycles. The Kier molecular flexibility index (Phi) is 4.62. The lowest BCUT2D eigenvalue weighted by molar-refractivity contribution is -0.118. The van der Waals surface area contributed by atoms with E-state index < -0.39 is 0 Å². The highest BCUT2D eigenvalue weighted by molar-refractivity contribution is 5.80. The fourth-order valence-corrected chi connectivity index (χ4v) is 1.26. The molecule has 2 nitrogen and oxygen atoms in total. The monoisotopic (exact) mass is 189 g/mol. The van der Waals surface area contributed by atoms with Gasteiger partial charge in [-0.25, -0.2) is 0 Å².